The molecule has 1 heterocycles. The molecule has 0 spiro atoms. The lowest BCUT2D eigenvalue weighted by Crippen LogP contribution is -2.21. The smallest absolute Gasteiger partial charge is 0.348 e. The highest BCUT2D eigenvalue weighted by Gasteiger charge is 2.28. The Bertz CT molecular complexity index is 992. The fraction of sp³-hybridized carbons (Fsp3) is 0.435. The van der Waals surface area contributed by atoms with Gasteiger partial charge in [0.15, 0.2) is 6.61 Å². The highest BCUT2D eigenvalue weighted by Crippen LogP contribution is 2.34. The van der Waals surface area contributed by atoms with Gasteiger partial charge in [0.2, 0.25) is 0 Å². The molecule has 8 heteroatoms. The first-order valence-electron chi connectivity index (χ1n) is 10.1. The van der Waals surface area contributed by atoms with E-state index in [0.717, 1.165) is 28.0 Å². The largest absolute Gasteiger partial charge is 0.483 e. The first-order chi connectivity index (χ1) is 14.5. The first-order valence-corrected chi connectivity index (χ1v) is 10.9. The number of aryl methyl sites for hydroxylation is 2. The van der Waals surface area contributed by atoms with Crippen LogP contribution < -0.4 is 10.1 Å². The SMILES string of the molecule is CCOC(=O)c1c(NC(=O)COc2cc(C)cc(C)c2C)sc(C(=O)OC(C)C)c1C. The molecule has 2 aromatic rings. The number of hydrogen-bond acceptors (Lipinski definition) is 7. The quantitative estimate of drug-likeness (QED) is 0.588. The van der Waals surface area contributed by atoms with Gasteiger partial charge in [0.1, 0.15) is 15.6 Å². The van der Waals surface area contributed by atoms with Gasteiger partial charge in [0.05, 0.1) is 18.3 Å². The molecule has 2 rings (SSSR count). The van der Waals surface area contributed by atoms with Gasteiger partial charge in [0.25, 0.3) is 5.91 Å². The van der Waals surface area contributed by atoms with Crippen molar-refractivity contribution in [3.05, 3.63) is 44.8 Å². The Kier molecular flexibility index (Phi) is 8.21. The maximum atomic E-state index is 12.6. The number of benzene rings is 1. The van der Waals surface area contributed by atoms with Crippen molar-refractivity contribution in [1.82, 2.24) is 0 Å². The van der Waals surface area contributed by atoms with Gasteiger partial charge in [-0.25, -0.2) is 9.59 Å². The van der Waals surface area contributed by atoms with Gasteiger partial charge in [-0.05, 0) is 76.8 Å². The van der Waals surface area contributed by atoms with Crippen LogP contribution in [0.4, 0.5) is 5.00 Å². The number of rotatable bonds is 8. The van der Waals surface area contributed by atoms with E-state index in [0.29, 0.717) is 11.3 Å². The lowest BCUT2D eigenvalue weighted by atomic mass is 10.1. The Hall–Kier alpha value is -2.87. The van der Waals surface area contributed by atoms with E-state index in [1.165, 1.54) is 0 Å². The van der Waals surface area contributed by atoms with Crippen LogP contribution in [0.5, 0.6) is 5.75 Å². The third-order valence-electron chi connectivity index (χ3n) is 4.53. The molecule has 31 heavy (non-hydrogen) atoms. The number of hydrogen-bond donors (Lipinski definition) is 1. The lowest BCUT2D eigenvalue weighted by molar-refractivity contribution is -0.118. The summed E-state index contributed by atoms with van der Waals surface area (Å²) in [6.07, 6.45) is -0.312. The molecule has 168 valence electrons. The molecule has 0 bridgehead atoms. The molecule has 0 unspecified atom stereocenters. The van der Waals surface area contributed by atoms with Gasteiger partial charge in [-0.2, -0.15) is 0 Å². The van der Waals surface area contributed by atoms with Crippen LogP contribution in [0, 0.1) is 27.7 Å². The van der Waals surface area contributed by atoms with Crippen molar-refractivity contribution < 1.29 is 28.6 Å². The monoisotopic (exact) mass is 447 g/mol. The summed E-state index contributed by atoms with van der Waals surface area (Å²) < 4.78 is 16.1. The van der Waals surface area contributed by atoms with Gasteiger partial charge in [-0.3, -0.25) is 4.79 Å². The van der Waals surface area contributed by atoms with Crippen LogP contribution in [0.1, 0.15) is 63.1 Å². The normalized spacial score (nSPS) is 10.7. The van der Waals surface area contributed by atoms with Crippen LogP contribution in [0.2, 0.25) is 0 Å². The van der Waals surface area contributed by atoms with Gasteiger partial charge in [-0.1, -0.05) is 6.07 Å². The predicted molar refractivity (Wildman–Crippen MR) is 120 cm³/mol. The maximum Gasteiger partial charge on any atom is 0.348 e. The average molecular weight is 448 g/mol. The van der Waals surface area contributed by atoms with Crippen molar-refractivity contribution in [3.8, 4) is 5.75 Å². The molecule has 0 fully saturated rings. The lowest BCUT2D eigenvalue weighted by Gasteiger charge is -2.12. The van der Waals surface area contributed by atoms with Gasteiger partial charge in [-0.15, -0.1) is 11.3 Å². The fourth-order valence-corrected chi connectivity index (χ4v) is 4.06. The third kappa shape index (κ3) is 6.07. The molecule has 0 aliphatic carbocycles. The summed E-state index contributed by atoms with van der Waals surface area (Å²) >= 11 is 0.986. The average Bonchev–Trinajstić information content (AvgIpc) is 2.99. The van der Waals surface area contributed by atoms with Crippen LogP contribution in [-0.4, -0.2) is 37.2 Å². The zero-order valence-corrected chi connectivity index (χ0v) is 19.8. The molecule has 0 saturated heterocycles. The number of carbonyl (C=O) groups excluding carboxylic acids is 3. The molecule has 0 atom stereocenters. The highest BCUT2D eigenvalue weighted by atomic mass is 32.1. The maximum absolute atomic E-state index is 12.6. The highest BCUT2D eigenvalue weighted by molar-refractivity contribution is 7.18. The van der Waals surface area contributed by atoms with Gasteiger partial charge >= 0.3 is 11.9 Å². The summed E-state index contributed by atoms with van der Waals surface area (Å²) in [6.45, 7) is 12.6. The molecule has 0 radical (unpaired) electrons. The van der Waals surface area contributed by atoms with Crippen molar-refractivity contribution in [2.75, 3.05) is 18.5 Å². The number of nitrogens with one attached hydrogen (secondary N) is 1. The van der Waals surface area contributed by atoms with E-state index in [-0.39, 0.29) is 34.8 Å². The van der Waals surface area contributed by atoms with Crippen molar-refractivity contribution in [2.45, 2.75) is 54.6 Å². The molecule has 1 N–H and O–H groups in total. The zero-order valence-electron chi connectivity index (χ0n) is 19.0. The summed E-state index contributed by atoms with van der Waals surface area (Å²) in [5, 5.41) is 2.92. The predicted octanol–water partition coefficient (Wildman–Crippen LogP) is 4.74. The Labute approximate surface area is 186 Å². The Morgan fingerprint density at radius 3 is 2.32 bits per heavy atom. The first kappa shape index (κ1) is 24.4. The minimum absolute atomic E-state index is 0.151. The van der Waals surface area contributed by atoms with Crippen LogP contribution in [0.25, 0.3) is 0 Å². The molecule has 0 aliphatic rings. The Morgan fingerprint density at radius 1 is 1.03 bits per heavy atom. The molecule has 0 saturated carbocycles. The molecule has 1 aromatic carbocycles. The topological polar surface area (TPSA) is 90.9 Å². The second kappa shape index (κ2) is 10.4. The minimum atomic E-state index is -0.610. The molecule has 1 amide bonds. The molecule has 7 nitrogen and oxygen atoms in total. The van der Waals surface area contributed by atoms with E-state index < -0.39 is 17.8 Å². The number of carbonyl (C=O) groups is 3. The van der Waals surface area contributed by atoms with E-state index in [2.05, 4.69) is 5.32 Å². The summed E-state index contributed by atoms with van der Waals surface area (Å²) in [6, 6.07) is 3.91. The molecule has 0 aliphatic heterocycles. The van der Waals surface area contributed by atoms with E-state index in [9.17, 15) is 14.4 Å². The second-order valence-electron chi connectivity index (χ2n) is 7.48. The number of anilines is 1. The second-order valence-corrected chi connectivity index (χ2v) is 8.50. The summed E-state index contributed by atoms with van der Waals surface area (Å²) in [7, 11) is 0. The van der Waals surface area contributed by atoms with E-state index in [1.54, 1.807) is 27.7 Å². The van der Waals surface area contributed by atoms with E-state index in [1.807, 2.05) is 32.9 Å². The summed E-state index contributed by atoms with van der Waals surface area (Å²) in [5.41, 5.74) is 3.62. The number of thiophene rings is 1. The van der Waals surface area contributed by atoms with Crippen LogP contribution in [0.15, 0.2) is 12.1 Å². The fourth-order valence-electron chi connectivity index (χ4n) is 2.97. The third-order valence-corrected chi connectivity index (χ3v) is 5.72. The zero-order chi connectivity index (χ0) is 23.3. The van der Waals surface area contributed by atoms with E-state index in [4.69, 9.17) is 14.2 Å². The number of esters is 2. The van der Waals surface area contributed by atoms with Crippen LogP contribution >= 0.6 is 11.3 Å². The van der Waals surface area contributed by atoms with Crippen molar-refractivity contribution in [1.29, 1.82) is 0 Å². The Morgan fingerprint density at radius 2 is 1.71 bits per heavy atom. The minimum Gasteiger partial charge on any atom is -0.483 e. The van der Waals surface area contributed by atoms with Crippen LogP contribution in [-0.2, 0) is 14.3 Å². The van der Waals surface area contributed by atoms with Crippen LogP contribution in [0.3, 0.4) is 0 Å². The molecule has 1 aromatic heterocycles. The molecular formula is C23H29NO6S. The standard InChI is InChI=1S/C23H29NO6S/c1-8-28-22(26)19-16(7)20(23(27)30-12(2)3)31-21(19)24-18(25)11-29-17-10-13(4)9-14(5)15(17)6/h9-10,12H,8,11H2,1-7H3,(H,24,25). The number of amides is 1. The summed E-state index contributed by atoms with van der Waals surface area (Å²) in [5.74, 6) is -0.983. The van der Waals surface area contributed by atoms with Gasteiger partial charge in [0, 0.05) is 0 Å². The van der Waals surface area contributed by atoms with Gasteiger partial charge < -0.3 is 19.5 Å². The molecular weight excluding hydrogens is 418 g/mol. The Balaban J connectivity index is 2.25. The van der Waals surface area contributed by atoms with Crippen molar-refractivity contribution in [2.24, 2.45) is 0 Å². The summed E-state index contributed by atoms with van der Waals surface area (Å²) in [4.78, 5) is 37.7. The van der Waals surface area contributed by atoms with Crippen molar-refractivity contribution >= 4 is 34.2 Å². The van der Waals surface area contributed by atoms with E-state index >= 15 is 0 Å². The number of ether oxygens (including phenoxy) is 3. The van der Waals surface area contributed by atoms with Crippen molar-refractivity contribution in [3.63, 3.8) is 0 Å².